The lowest BCUT2D eigenvalue weighted by atomic mass is 9.84. The molecule has 0 amide bonds. The summed E-state index contributed by atoms with van der Waals surface area (Å²) >= 11 is 0. The Balaban J connectivity index is 0.00000261. The SMILES string of the molecule is CCNC(=NCC(C)(C)c1ccc2c(c1)OCO2)NCCc1ccco1.I. The van der Waals surface area contributed by atoms with E-state index in [4.69, 9.17) is 18.9 Å². The molecule has 7 heteroatoms. The maximum absolute atomic E-state index is 5.50. The summed E-state index contributed by atoms with van der Waals surface area (Å²) in [4.78, 5) is 4.77. The Kier molecular flexibility index (Phi) is 7.82. The zero-order chi connectivity index (χ0) is 18.4. The van der Waals surface area contributed by atoms with Gasteiger partial charge in [0.2, 0.25) is 6.79 Å². The Labute approximate surface area is 177 Å². The summed E-state index contributed by atoms with van der Waals surface area (Å²) in [5, 5.41) is 6.65. The van der Waals surface area contributed by atoms with Gasteiger partial charge in [0.05, 0.1) is 12.8 Å². The van der Waals surface area contributed by atoms with Crippen molar-refractivity contribution in [1.29, 1.82) is 0 Å². The molecule has 2 N–H and O–H groups in total. The van der Waals surface area contributed by atoms with Crippen molar-refractivity contribution in [3.8, 4) is 11.5 Å². The molecule has 0 saturated carbocycles. The third kappa shape index (κ3) is 5.79. The summed E-state index contributed by atoms with van der Waals surface area (Å²) in [7, 11) is 0. The van der Waals surface area contributed by atoms with E-state index in [1.54, 1.807) is 6.26 Å². The predicted octanol–water partition coefficient (Wildman–Crippen LogP) is 3.70. The van der Waals surface area contributed by atoms with E-state index in [1.807, 2.05) is 18.2 Å². The standard InChI is InChI=1S/C20H27N3O3.HI/c1-4-21-19(22-10-9-16-6-5-11-24-16)23-13-20(2,3)15-7-8-17-18(12-15)26-14-25-17;/h5-8,11-12H,4,9-10,13-14H2,1-3H3,(H2,21,22,23);1H. The van der Waals surface area contributed by atoms with Gasteiger partial charge in [-0.3, -0.25) is 4.99 Å². The zero-order valence-corrected chi connectivity index (χ0v) is 18.4. The van der Waals surface area contributed by atoms with E-state index in [0.29, 0.717) is 13.3 Å². The first kappa shape index (κ1) is 21.4. The first-order valence-corrected chi connectivity index (χ1v) is 9.03. The fourth-order valence-electron chi connectivity index (χ4n) is 2.79. The molecular formula is C20H28IN3O3. The van der Waals surface area contributed by atoms with Crippen LogP contribution in [-0.2, 0) is 11.8 Å². The normalized spacial score (nSPS) is 13.2. The summed E-state index contributed by atoms with van der Waals surface area (Å²) in [6.07, 6.45) is 2.52. The Morgan fingerprint density at radius 3 is 2.70 bits per heavy atom. The second kappa shape index (κ2) is 9.87. The van der Waals surface area contributed by atoms with E-state index in [2.05, 4.69) is 43.5 Å². The maximum atomic E-state index is 5.50. The first-order valence-electron chi connectivity index (χ1n) is 9.03. The van der Waals surface area contributed by atoms with Crippen molar-refractivity contribution in [1.82, 2.24) is 10.6 Å². The fourth-order valence-corrected chi connectivity index (χ4v) is 2.79. The van der Waals surface area contributed by atoms with Crippen LogP contribution < -0.4 is 20.1 Å². The van der Waals surface area contributed by atoms with Crippen molar-refractivity contribution < 1.29 is 13.9 Å². The van der Waals surface area contributed by atoms with E-state index < -0.39 is 0 Å². The minimum atomic E-state index is -0.121. The van der Waals surface area contributed by atoms with Crippen LogP contribution in [-0.4, -0.2) is 32.4 Å². The third-order valence-electron chi connectivity index (χ3n) is 4.37. The average molecular weight is 485 g/mol. The lowest BCUT2D eigenvalue weighted by Crippen LogP contribution is -2.39. The molecule has 0 fully saturated rings. The number of fused-ring (bicyclic) bond motifs is 1. The van der Waals surface area contributed by atoms with E-state index in [0.717, 1.165) is 42.7 Å². The minimum absolute atomic E-state index is 0. The summed E-state index contributed by atoms with van der Waals surface area (Å²) in [6.45, 7) is 8.96. The topological polar surface area (TPSA) is 68.0 Å². The van der Waals surface area contributed by atoms with Gasteiger partial charge in [0.1, 0.15) is 5.76 Å². The van der Waals surface area contributed by atoms with E-state index in [-0.39, 0.29) is 29.4 Å². The predicted molar refractivity (Wildman–Crippen MR) is 117 cm³/mol. The number of nitrogens with zero attached hydrogens (tertiary/aromatic N) is 1. The highest BCUT2D eigenvalue weighted by Gasteiger charge is 2.24. The highest BCUT2D eigenvalue weighted by molar-refractivity contribution is 14.0. The number of benzene rings is 1. The van der Waals surface area contributed by atoms with E-state index >= 15 is 0 Å². The summed E-state index contributed by atoms with van der Waals surface area (Å²) < 4.78 is 16.3. The lowest BCUT2D eigenvalue weighted by Gasteiger charge is -2.24. The number of furan rings is 1. The minimum Gasteiger partial charge on any atom is -0.469 e. The fraction of sp³-hybridized carbons (Fsp3) is 0.450. The van der Waals surface area contributed by atoms with Gasteiger partial charge in [0, 0.05) is 24.9 Å². The van der Waals surface area contributed by atoms with Gasteiger partial charge in [-0.05, 0) is 36.8 Å². The molecule has 0 aliphatic carbocycles. The highest BCUT2D eigenvalue weighted by Crippen LogP contribution is 2.36. The van der Waals surface area contributed by atoms with Crippen LogP contribution in [0.1, 0.15) is 32.1 Å². The van der Waals surface area contributed by atoms with Gasteiger partial charge < -0.3 is 24.5 Å². The Hall–Kier alpha value is -1.90. The quantitative estimate of drug-likeness (QED) is 0.356. The number of hydrogen-bond donors (Lipinski definition) is 2. The van der Waals surface area contributed by atoms with Gasteiger partial charge in [0.15, 0.2) is 17.5 Å². The Morgan fingerprint density at radius 1 is 1.15 bits per heavy atom. The van der Waals surface area contributed by atoms with Crippen LogP contribution in [0.4, 0.5) is 0 Å². The third-order valence-corrected chi connectivity index (χ3v) is 4.37. The maximum Gasteiger partial charge on any atom is 0.231 e. The second-order valence-corrected chi connectivity index (χ2v) is 6.90. The molecular weight excluding hydrogens is 457 g/mol. The second-order valence-electron chi connectivity index (χ2n) is 6.90. The van der Waals surface area contributed by atoms with Gasteiger partial charge >= 0.3 is 0 Å². The van der Waals surface area contributed by atoms with Crippen LogP contribution in [0.3, 0.4) is 0 Å². The van der Waals surface area contributed by atoms with Crippen molar-refractivity contribution in [2.75, 3.05) is 26.4 Å². The number of halogens is 1. The summed E-state index contributed by atoms with van der Waals surface area (Å²) in [6, 6.07) is 9.99. The van der Waals surface area contributed by atoms with Gasteiger partial charge in [-0.2, -0.15) is 0 Å². The Bertz CT molecular complexity index is 745. The molecule has 0 radical (unpaired) electrons. The molecule has 0 saturated heterocycles. The molecule has 6 nitrogen and oxygen atoms in total. The lowest BCUT2D eigenvalue weighted by molar-refractivity contribution is 0.174. The number of ether oxygens (including phenoxy) is 2. The molecule has 0 atom stereocenters. The van der Waals surface area contributed by atoms with Crippen LogP contribution in [0, 0.1) is 0 Å². The van der Waals surface area contributed by atoms with Crippen molar-refractivity contribution in [2.45, 2.75) is 32.6 Å². The average Bonchev–Trinajstić information content (AvgIpc) is 3.30. The van der Waals surface area contributed by atoms with Gasteiger partial charge in [0.25, 0.3) is 0 Å². The van der Waals surface area contributed by atoms with Crippen molar-refractivity contribution in [3.63, 3.8) is 0 Å². The molecule has 1 aromatic heterocycles. The van der Waals surface area contributed by atoms with Crippen molar-refractivity contribution in [3.05, 3.63) is 47.9 Å². The van der Waals surface area contributed by atoms with Crippen LogP contribution in [0.2, 0.25) is 0 Å². The van der Waals surface area contributed by atoms with Crippen molar-refractivity contribution >= 4 is 29.9 Å². The molecule has 3 rings (SSSR count). The molecule has 2 heterocycles. The monoisotopic (exact) mass is 485 g/mol. The molecule has 1 aliphatic heterocycles. The summed E-state index contributed by atoms with van der Waals surface area (Å²) in [5.41, 5.74) is 1.06. The number of nitrogens with one attached hydrogen (secondary N) is 2. The molecule has 0 bridgehead atoms. The van der Waals surface area contributed by atoms with Gasteiger partial charge in [-0.1, -0.05) is 19.9 Å². The van der Waals surface area contributed by atoms with Crippen LogP contribution in [0.25, 0.3) is 0 Å². The smallest absolute Gasteiger partial charge is 0.231 e. The number of hydrogen-bond acceptors (Lipinski definition) is 4. The van der Waals surface area contributed by atoms with Crippen molar-refractivity contribution in [2.24, 2.45) is 4.99 Å². The van der Waals surface area contributed by atoms with E-state index in [1.165, 1.54) is 5.56 Å². The highest BCUT2D eigenvalue weighted by atomic mass is 127. The van der Waals surface area contributed by atoms with E-state index in [9.17, 15) is 0 Å². The number of rotatable bonds is 7. The molecule has 0 spiro atoms. The number of aliphatic imine (C=N–C) groups is 1. The largest absolute Gasteiger partial charge is 0.469 e. The van der Waals surface area contributed by atoms with Gasteiger partial charge in [-0.15, -0.1) is 24.0 Å². The van der Waals surface area contributed by atoms with Crippen LogP contribution >= 0.6 is 24.0 Å². The van der Waals surface area contributed by atoms with Gasteiger partial charge in [-0.25, -0.2) is 0 Å². The van der Waals surface area contributed by atoms with Crippen LogP contribution in [0.15, 0.2) is 46.0 Å². The molecule has 2 aromatic rings. The molecule has 27 heavy (non-hydrogen) atoms. The Morgan fingerprint density at radius 2 is 1.96 bits per heavy atom. The molecule has 0 unspecified atom stereocenters. The first-order chi connectivity index (χ1) is 12.6. The molecule has 1 aliphatic rings. The number of guanidine groups is 1. The zero-order valence-electron chi connectivity index (χ0n) is 16.1. The summed E-state index contributed by atoms with van der Waals surface area (Å²) in [5.74, 6) is 3.39. The molecule has 148 valence electrons. The van der Waals surface area contributed by atoms with Crippen LogP contribution in [0.5, 0.6) is 11.5 Å². The molecule has 1 aromatic carbocycles.